The van der Waals surface area contributed by atoms with E-state index in [1.807, 2.05) is 36.4 Å². The van der Waals surface area contributed by atoms with Crippen molar-refractivity contribution in [1.82, 2.24) is 10.2 Å². The molecule has 2 aliphatic rings. The topological polar surface area (TPSA) is 61.4 Å². The van der Waals surface area contributed by atoms with Crippen LogP contribution in [0.4, 0.5) is 5.69 Å². The van der Waals surface area contributed by atoms with E-state index in [0.717, 1.165) is 37.9 Å². The number of rotatable bonds is 7. The second-order valence-corrected chi connectivity index (χ2v) is 8.71. The summed E-state index contributed by atoms with van der Waals surface area (Å²) in [6, 6.07) is 20.1. The molecular formula is C25H31N3O2. The van der Waals surface area contributed by atoms with Crippen molar-refractivity contribution in [2.45, 2.75) is 37.5 Å². The molecule has 1 aliphatic carbocycles. The Morgan fingerprint density at radius 1 is 0.967 bits per heavy atom. The Morgan fingerprint density at radius 3 is 2.33 bits per heavy atom. The molecule has 1 heterocycles. The highest BCUT2D eigenvalue weighted by Crippen LogP contribution is 2.43. The molecule has 5 nitrogen and oxygen atoms in total. The standard InChI is InChI=1S/C25H31N3O2/c29-23(26-19-25(14-8-15-25)21-10-3-1-4-11-21)18-28-16-7-9-20(17-28)24(30)27-22-12-5-2-6-13-22/h1-6,10-13,20H,7-9,14-19H2,(H,26,29)(H,27,30). The molecule has 1 saturated heterocycles. The van der Waals surface area contributed by atoms with Crippen molar-refractivity contribution in [3.05, 3.63) is 66.2 Å². The third-order valence-corrected chi connectivity index (χ3v) is 6.61. The van der Waals surface area contributed by atoms with Crippen molar-refractivity contribution in [2.24, 2.45) is 5.92 Å². The number of para-hydroxylation sites is 1. The van der Waals surface area contributed by atoms with Gasteiger partial charge in [-0.3, -0.25) is 14.5 Å². The number of nitrogens with zero attached hydrogens (tertiary/aromatic N) is 1. The van der Waals surface area contributed by atoms with Gasteiger partial charge in [0.05, 0.1) is 12.5 Å². The van der Waals surface area contributed by atoms with Gasteiger partial charge in [-0.2, -0.15) is 0 Å². The number of hydrogen-bond acceptors (Lipinski definition) is 3. The van der Waals surface area contributed by atoms with Crippen molar-refractivity contribution in [3.63, 3.8) is 0 Å². The Kier molecular flexibility index (Phi) is 6.48. The molecule has 2 amide bonds. The molecule has 2 aromatic carbocycles. The van der Waals surface area contributed by atoms with Crippen LogP contribution in [0.5, 0.6) is 0 Å². The first kappa shape index (κ1) is 20.6. The molecule has 5 heteroatoms. The van der Waals surface area contributed by atoms with Crippen LogP contribution in [0.1, 0.15) is 37.7 Å². The first-order chi connectivity index (χ1) is 14.6. The highest BCUT2D eigenvalue weighted by molar-refractivity contribution is 5.92. The summed E-state index contributed by atoms with van der Waals surface area (Å²) in [7, 11) is 0. The lowest BCUT2D eigenvalue weighted by atomic mass is 9.64. The van der Waals surface area contributed by atoms with E-state index in [0.29, 0.717) is 19.6 Å². The summed E-state index contributed by atoms with van der Waals surface area (Å²) in [6.45, 7) is 2.56. The number of benzene rings is 2. The molecular weight excluding hydrogens is 374 g/mol. The predicted octanol–water partition coefficient (Wildman–Crippen LogP) is 3.58. The van der Waals surface area contributed by atoms with Gasteiger partial charge in [0.2, 0.25) is 11.8 Å². The molecule has 0 aromatic heterocycles. The molecule has 0 spiro atoms. The monoisotopic (exact) mass is 405 g/mol. The zero-order chi connectivity index (χ0) is 20.8. The molecule has 0 radical (unpaired) electrons. The summed E-state index contributed by atoms with van der Waals surface area (Å²) in [6.07, 6.45) is 5.28. The maximum Gasteiger partial charge on any atom is 0.234 e. The van der Waals surface area contributed by atoms with E-state index in [-0.39, 0.29) is 23.1 Å². The molecule has 2 fully saturated rings. The summed E-state index contributed by atoms with van der Waals surface area (Å²) >= 11 is 0. The molecule has 0 bridgehead atoms. The van der Waals surface area contributed by atoms with E-state index in [9.17, 15) is 9.59 Å². The van der Waals surface area contributed by atoms with Gasteiger partial charge in [0, 0.05) is 24.2 Å². The average molecular weight is 406 g/mol. The maximum absolute atomic E-state index is 12.6. The van der Waals surface area contributed by atoms with Gasteiger partial charge >= 0.3 is 0 Å². The summed E-state index contributed by atoms with van der Waals surface area (Å²) in [5.41, 5.74) is 2.24. The van der Waals surface area contributed by atoms with Crippen molar-refractivity contribution in [3.8, 4) is 0 Å². The number of likely N-dealkylation sites (tertiary alicyclic amines) is 1. The number of nitrogens with one attached hydrogen (secondary N) is 2. The SMILES string of the molecule is O=C(CN1CCCC(C(=O)Nc2ccccc2)C1)NCC1(c2ccccc2)CCC1. The van der Waals surface area contributed by atoms with E-state index >= 15 is 0 Å². The van der Waals surface area contributed by atoms with Gasteiger partial charge in [-0.05, 0) is 49.9 Å². The van der Waals surface area contributed by atoms with Gasteiger partial charge < -0.3 is 10.6 Å². The fourth-order valence-electron chi connectivity index (χ4n) is 4.67. The van der Waals surface area contributed by atoms with Crippen molar-refractivity contribution < 1.29 is 9.59 Å². The zero-order valence-corrected chi connectivity index (χ0v) is 17.5. The second kappa shape index (κ2) is 9.43. The maximum atomic E-state index is 12.6. The minimum Gasteiger partial charge on any atom is -0.354 e. The number of carbonyl (C=O) groups excluding carboxylic acids is 2. The fraction of sp³-hybridized carbons (Fsp3) is 0.440. The van der Waals surface area contributed by atoms with Crippen molar-refractivity contribution >= 4 is 17.5 Å². The van der Waals surface area contributed by atoms with Crippen LogP contribution in [0.15, 0.2) is 60.7 Å². The Bertz CT molecular complexity index is 849. The molecule has 1 atom stereocenters. The van der Waals surface area contributed by atoms with Gasteiger partial charge in [-0.1, -0.05) is 55.0 Å². The summed E-state index contributed by atoms with van der Waals surface area (Å²) < 4.78 is 0. The van der Waals surface area contributed by atoms with E-state index in [2.05, 4.69) is 39.8 Å². The van der Waals surface area contributed by atoms with E-state index in [4.69, 9.17) is 0 Å². The first-order valence-corrected chi connectivity index (χ1v) is 11.1. The number of amides is 2. The third-order valence-electron chi connectivity index (χ3n) is 6.61. The minimum absolute atomic E-state index is 0.0452. The van der Waals surface area contributed by atoms with Gasteiger partial charge in [-0.15, -0.1) is 0 Å². The molecule has 1 aliphatic heterocycles. The number of anilines is 1. The summed E-state index contributed by atoms with van der Waals surface area (Å²) in [5.74, 6) is 0.0270. The lowest BCUT2D eigenvalue weighted by Crippen LogP contribution is -2.49. The lowest BCUT2D eigenvalue weighted by Gasteiger charge is -2.42. The fourth-order valence-corrected chi connectivity index (χ4v) is 4.67. The molecule has 30 heavy (non-hydrogen) atoms. The summed E-state index contributed by atoms with van der Waals surface area (Å²) in [4.78, 5) is 27.4. The number of carbonyl (C=O) groups is 2. The normalized spacial score (nSPS) is 20.7. The van der Waals surface area contributed by atoms with Crippen molar-refractivity contribution in [1.29, 1.82) is 0 Å². The van der Waals surface area contributed by atoms with Crippen molar-refractivity contribution in [2.75, 3.05) is 31.5 Å². The largest absolute Gasteiger partial charge is 0.354 e. The van der Waals surface area contributed by atoms with Crippen LogP contribution in [-0.4, -0.2) is 42.9 Å². The number of hydrogen-bond donors (Lipinski definition) is 2. The molecule has 4 rings (SSSR count). The number of piperidine rings is 1. The van der Waals surface area contributed by atoms with Gasteiger partial charge in [0.25, 0.3) is 0 Å². The quantitative estimate of drug-likeness (QED) is 0.740. The minimum atomic E-state index is -0.0750. The average Bonchev–Trinajstić information content (AvgIpc) is 2.75. The Labute approximate surface area is 178 Å². The molecule has 2 aromatic rings. The first-order valence-electron chi connectivity index (χ1n) is 11.1. The molecule has 2 N–H and O–H groups in total. The Hall–Kier alpha value is -2.66. The van der Waals surface area contributed by atoms with Gasteiger partial charge in [0.1, 0.15) is 0 Å². The van der Waals surface area contributed by atoms with Crippen LogP contribution in [0.25, 0.3) is 0 Å². The molecule has 158 valence electrons. The third kappa shape index (κ3) is 4.90. The highest BCUT2D eigenvalue weighted by atomic mass is 16.2. The second-order valence-electron chi connectivity index (χ2n) is 8.71. The van der Waals surface area contributed by atoms with Crippen LogP contribution < -0.4 is 10.6 Å². The van der Waals surface area contributed by atoms with E-state index in [1.165, 1.54) is 12.0 Å². The molecule has 1 saturated carbocycles. The zero-order valence-electron chi connectivity index (χ0n) is 17.5. The molecule has 1 unspecified atom stereocenters. The highest BCUT2D eigenvalue weighted by Gasteiger charge is 2.38. The smallest absolute Gasteiger partial charge is 0.234 e. The van der Waals surface area contributed by atoms with E-state index < -0.39 is 0 Å². The van der Waals surface area contributed by atoms with Crippen LogP contribution in [0, 0.1) is 5.92 Å². The van der Waals surface area contributed by atoms with Crippen LogP contribution in [-0.2, 0) is 15.0 Å². The lowest BCUT2D eigenvalue weighted by molar-refractivity contribution is -0.126. The van der Waals surface area contributed by atoms with Crippen LogP contribution in [0.2, 0.25) is 0 Å². The van der Waals surface area contributed by atoms with Crippen LogP contribution >= 0.6 is 0 Å². The summed E-state index contributed by atoms with van der Waals surface area (Å²) in [5, 5.41) is 6.17. The Morgan fingerprint density at radius 2 is 1.67 bits per heavy atom. The van der Waals surface area contributed by atoms with Crippen LogP contribution in [0.3, 0.4) is 0 Å². The van der Waals surface area contributed by atoms with Gasteiger partial charge in [0.15, 0.2) is 0 Å². The predicted molar refractivity (Wildman–Crippen MR) is 119 cm³/mol. The van der Waals surface area contributed by atoms with E-state index in [1.54, 1.807) is 0 Å². The van der Waals surface area contributed by atoms with Gasteiger partial charge in [-0.25, -0.2) is 0 Å². The Balaban J connectivity index is 1.26.